The number of benzene rings is 1. The molecule has 5 nitrogen and oxygen atoms in total. The van der Waals surface area contributed by atoms with E-state index in [1.54, 1.807) is 19.1 Å². The molecule has 1 amide bonds. The van der Waals surface area contributed by atoms with Crippen LogP contribution in [0.5, 0.6) is 0 Å². The molecule has 1 saturated heterocycles. The van der Waals surface area contributed by atoms with Crippen LogP contribution in [-0.2, 0) is 11.2 Å². The molecule has 0 atom stereocenters. The maximum atomic E-state index is 14.4. The molecule has 4 rings (SSSR count). The van der Waals surface area contributed by atoms with Crippen LogP contribution in [0.1, 0.15) is 24.3 Å². The van der Waals surface area contributed by atoms with E-state index >= 15 is 0 Å². The van der Waals surface area contributed by atoms with Crippen molar-refractivity contribution in [2.75, 3.05) is 23.3 Å². The lowest BCUT2D eigenvalue weighted by Gasteiger charge is -2.18. The summed E-state index contributed by atoms with van der Waals surface area (Å²) in [6.45, 7) is 3.54. The number of rotatable bonds is 5. The third-order valence-electron chi connectivity index (χ3n) is 4.63. The average molecular weight is 385 g/mol. The molecule has 0 unspecified atom stereocenters. The first-order valence-corrected chi connectivity index (χ1v) is 9.82. The molecule has 0 radical (unpaired) electrons. The number of carbonyl (C=O) groups excluding carboxylic acids is 1. The molecular weight excluding hydrogens is 365 g/mol. The lowest BCUT2D eigenvalue weighted by molar-refractivity contribution is -0.115. The van der Waals surface area contributed by atoms with Gasteiger partial charge in [-0.15, -0.1) is 11.3 Å². The van der Waals surface area contributed by atoms with Crippen LogP contribution in [0.2, 0.25) is 0 Å². The maximum absolute atomic E-state index is 14.4. The van der Waals surface area contributed by atoms with Crippen LogP contribution >= 0.6 is 11.3 Å². The van der Waals surface area contributed by atoms with E-state index in [-0.39, 0.29) is 18.1 Å². The third-order valence-corrected chi connectivity index (χ3v) is 5.49. The molecule has 1 N–H and O–H groups in total. The summed E-state index contributed by atoms with van der Waals surface area (Å²) in [5, 5.41) is 4.69. The molecular formula is C20H20FN3O2S. The van der Waals surface area contributed by atoms with Crippen molar-refractivity contribution in [1.82, 2.24) is 4.98 Å². The Morgan fingerprint density at radius 1 is 1.33 bits per heavy atom. The summed E-state index contributed by atoms with van der Waals surface area (Å²) in [7, 11) is 0. The SMILES string of the molecule is Cc1oc(-c2cccs2)nc1CC(=O)Nc1ccc(N2CCCC2)c(F)c1. The molecule has 27 heavy (non-hydrogen) atoms. The number of hydrogen-bond acceptors (Lipinski definition) is 5. The van der Waals surface area contributed by atoms with Gasteiger partial charge in [0.15, 0.2) is 0 Å². The van der Waals surface area contributed by atoms with Crippen molar-refractivity contribution in [3.05, 3.63) is 53.0 Å². The largest absolute Gasteiger partial charge is 0.440 e. The van der Waals surface area contributed by atoms with Gasteiger partial charge in [0.25, 0.3) is 0 Å². The molecule has 0 bridgehead atoms. The van der Waals surface area contributed by atoms with E-state index in [4.69, 9.17) is 4.42 Å². The van der Waals surface area contributed by atoms with E-state index in [0.29, 0.717) is 28.7 Å². The quantitative estimate of drug-likeness (QED) is 0.696. The summed E-state index contributed by atoms with van der Waals surface area (Å²) in [4.78, 5) is 19.7. The molecule has 140 valence electrons. The Balaban J connectivity index is 1.43. The fourth-order valence-corrected chi connectivity index (χ4v) is 3.90. The van der Waals surface area contributed by atoms with Gasteiger partial charge in [-0.05, 0) is 49.4 Å². The van der Waals surface area contributed by atoms with Gasteiger partial charge in [-0.1, -0.05) is 6.07 Å². The van der Waals surface area contributed by atoms with E-state index in [0.717, 1.165) is 30.8 Å². The Morgan fingerprint density at radius 2 is 2.15 bits per heavy atom. The second-order valence-electron chi connectivity index (χ2n) is 6.58. The fourth-order valence-electron chi connectivity index (χ4n) is 3.25. The van der Waals surface area contributed by atoms with E-state index < -0.39 is 0 Å². The Hall–Kier alpha value is -2.67. The maximum Gasteiger partial charge on any atom is 0.236 e. The van der Waals surface area contributed by atoms with E-state index in [1.807, 2.05) is 22.4 Å². The van der Waals surface area contributed by atoms with Crippen LogP contribution in [0.3, 0.4) is 0 Å². The minimum atomic E-state index is -0.313. The molecule has 2 aromatic heterocycles. The molecule has 3 aromatic rings. The number of nitrogens with one attached hydrogen (secondary N) is 1. The number of halogens is 1. The highest BCUT2D eigenvalue weighted by atomic mass is 32.1. The normalized spacial score (nSPS) is 13.9. The Morgan fingerprint density at radius 3 is 2.85 bits per heavy atom. The number of aromatic nitrogens is 1. The number of oxazole rings is 1. The van der Waals surface area contributed by atoms with Crippen molar-refractivity contribution in [3.63, 3.8) is 0 Å². The van der Waals surface area contributed by atoms with E-state index in [2.05, 4.69) is 10.3 Å². The van der Waals surface area contributed by atoms with Crippen LogP contribution in [0, 0.1) is 12.7 Å². The molecule has 0 saturated carbocycles. The first-order chi connectivity index (χ1) is 13.1. The summed E-state index contributed by atoms with van der Waals surface area (Å²) in [5.74, 6) is 0.570. The van der Waals surface area contributed by atoms with Crippen LogP contribution in [-0.4, -0.2) is 24.0 Å². The molecule has 7 heteroatoms. The van der Waals surface area contributed by atoms with Crippen molar-refractivity contribution in [1.29, 1.82) is 0 Å². The van der Waals surface area contributed by atoms with Gasteiger partial charge in [0.05, 0.1) is 22.7 Å². The highest BCUT2D eigenvalue weighted by Gasteiger charge is 2.18. The minimum absolute atomic E-state index is 0.0796. The lowest BCUT2D eigenvalue weighted by atomic mass is 10.2. The zero-order chi connectivity index (χ0) is 18.8. The Kier molecular flexibility index (Phi) is 4.94. The number of nitrogens with zero attached hydrogens (tertiary/aromatic N) is 2. The van der Waals surface area contributed by atoms with Gasteiger partial charge in [0, 0.05) is 18.8 Å². The summed E-state index contributed by atoms with van der Waals surface area (Å²) in [6, 6.07) is 8.68. The van der Waals surface area contributed by atoms with E-state index in [1.165, 1.54) is 17.4 Å². The summed E-state index contributed by atoms with van der Waals surface area (Å²) in [5.41, 5.74) is 1.63. The third kappa shape index (κ3) is 3.88. The minimum Gasteiger partial charge on any atom is -0.440 e. The second-order valence-corrected chi connectivity index (χ2v) is 7.53. The number of thiophene rings is 1. The Bertz CT molecular complexity index is 946. The van der Waals surface area contributed by atoms with Gasteiger partial charge >= 0.3 is 0 Å². The second kappa shape index (κ2) is 7.52. The lowest BCUT2D eigenvalue weighted by Crippen LogP contribution is -2.19. The average Bonchev–Trinajstić information content (AvgIpc) is 3.37. The smallest absolute Gasteiger partial charge is 0.236 e. The molecule has 1 aromatic carbocycles. The first kappa shape index (κ1) is 17.7. The molecule has 0 spiro atoms. The monoisotopic (exact) mass is 385 g/mol. The van der Waals surface area contributed by atoms with Gasteiger partial charge in [-0.25, -0.2) is 9.37 Å². The highest BCUT2D eigenvalue weighted by molar-refractivity contribution is 7.13. The number of anilines is 2. The number of aryl methyl sites for hydroxylation is 1. The van der Waals surface area contributed by atoms with Crippen LogP contribution in [0.15, 0.2) is 40.1 Å². The van der Waals surface area contributed by atoms with Gasteiger partial charge in [-0.3, -0.25) is 4.79 Å². The molecule has 1 aliphatic rings. The van der Waals surface area contributed by atoms with Crippen molar-refractivity contribution < 1.29 is 13.6 Å². The van der Waals surface area contributed by atoms with E-state index in [9.17, 15) is 9.18 Å². The van der Waals surface area contributed by atoms with Crippen LogP contribution < -0.4 is 10.2 Å². The van der Waals surface area contributed by atoms with Crippen LogP contribution in [0.25, 0.3) is 10.8 Å². The van der Waals surface area contributed by atoms with Crippen molar-refractivity contribution in [2.24, 2.45) is 0 Å². The molecule has 0 aliphatic carbocycles. The molecule has 3 heterocycles. The Labute approximate surface area is 160 Å². The van der Waals surface area contributed by atoms with Gasteiger partial charge in [0.2, 0.25) is 11.8 Å². The number of amides is 1. The topological polar surface area (TPSA) is 58.4 Å². The van der Waals surface area contributed by atoms with Crippen molar-refractivity contribution in [2.45, 2.75) is 26.2 Å². The summed E-state index contributed by atoms with van der Waals surface area (Å²) >= 11 is 1.53. The summed E-state index contributed by atoms with van der Waals surface area (Å²) < 4.78 is 20.0. The summed E-state index contributed by atoms with van der Waals surface area (Å²) in [6.07, 6.45) is 2.25. The van der Waals surface area contributed by atoms with Crippen molar-refractivity contribution in [3.8, 4) is 10.8 Å². The van der Waals surface area contributed by atoms with Crippen LogP contribution in [0.4, 0.5) is 15.8 Å². The van der Waals surface area contributed by atoms with Gasteiger partial charge in [0.1, 0.15) is 11.6 Å². The zero-order valence-corrected chi connectivity index (χ0v) is 15.8. The fraction of sp³-hybridized carbons (Fsp3) is 0.300. The molecule has 1 fully saturated rings. The molecule has 1 aliphatic heterocycles. The highest BCUT2D eigenvalue weighted by Crippen LogP contribution is 2.27. The zero-order valence-electron chi connectivity index (χ0n) is 15.0. The van der Waals surface area contributed by atoms with Gasteiger partial charge < -0.3 is 14.6 Å². The van der Waals surface area contributed by atoms with Crippen molar-refractivity contribution >= 4 is 28.6 Å². The standard InChI is InChI=1S/C20H20FN3O2S/c1-13-16(23-20(26-13)18-5-4-10-27-18)12-19(25)22-14-6-7-17(15(21)11-14)24-8-2-3-9-24/h4-7,10-11H,2-3,8-9,12H2,1H3,(H,22,25). The van der Waals surface area contributed by atoms with Gasteiger partial charge in [-0.2, -0.15) is 0 Å². The predicted molar refractivity (Wildman–Crippen MR) is 105 cm³/mol. The first-order valence-electron chi connectivity index (χ1n) is 8.94. The number of hydrogen-bond donors (Lipinski definition) is 1. The number of carbonyl (C=O) groups is 1. The predicted octanol–water partition coefficient (Wildman–Crippen LogP) is 4.63.